The molecule has 6 aliphatic heterocycles. The number of carboxylic acids is 1. The number of aromatic nitrogens is 3. The maximum absolute atomic E-state index is 13.8. The molecule has 0 radical (unpaired) electrons. The van der Waals surface area contributed by atoms with Crippen LogP contribution in [0.15, 0.2) is 106 Å². The number of nitrogens with zero attached hydrogens (tertiary/aromatic N) is 6. The third kappa shape index (κ3) is 14.5. The Bertz CT molecular complexity index is 4220. The van der Waals surface area contributed by atoms with Crippen LogP contribution in [0.1, 0.15) is 144 Å². The van der Waals surface area contributed by atoms with Gasteiger partial charge in [0, 0.05) is 73.0 Å². The molecule has 6 aromatic rings. The minimum atomic E-state index is -1.34. The second-order valence-electron chi connectivity index (χ2n) is 23.9. The average molecular weight is 1490 g/mol. The molecule has 25 nitrogen and oxygen atoms in total. The van der Waals surface area contributed by atoms with E-state index in [4.69, 9.17) is 29.4 Å². The monoisotopic (exact) mass is 1480 g/mol. The largest absolute Gasteiger partial charge is 2.00 e. The number of hydrogen-bond acceptors (Lipinski definition) is 16. The van der Waals surface area contributed by atoms with Gasteiger partial charge in [-0.1, -0.05) is 62.0 Å². The minimum Gasteiger partial charge on any atom is -1.00 e. The molecular weight excluding hydrogens is 1420 g/mol. The number of nitrogens with two attached hydrogens (primary N) is 1. The van der Waals surface area contributed by atoms with E-state index in [1.807, 2.05) is 0 Å². The molecule has 3 aliphatic carbocycles. The number of methoxy groups -OCH3 is 2. The second kappa shape index (κ2) is 31.3. The van der Waals surface area contributed by atoms with Gasteiger partial charge in [-0.2, -0.15) is 0 Å². The Hall–Kier alpha value is -7.91. The van der Waals surface area contributed by atoms with E-state index >= 15 is 0 Å². The summed E-state index contributed by atoms with van der Waals surface area (Å²) >= 11 is 0. The van der Waals surface area contributed by atoms with Crippen LogP contribution < -0.4 is 76.1 Å². The predicted molar refractivity (Wildman–Crippen MR) is 333 cm³/mol. The maximum Gasteiger partial charge on any atom is 2.00 e. The van der Waals surface area contributed by atoms with Gasteiger partial charge in [-0.25, -0.2) is 18.0 Å². The first kappa shape index (κ1) is 74.9. The number of benzene rings is 3. The Morgan fingerprint density at radius 2 is 0.856 bits per heavy atom. The fourth-order valence-electron chi connectivity index (χ4n) is 14.0. The Morgan fingerprint density at radius 1 is 0.526 bits per heavy atom. The fraction of sp³-hybridized carbons (Fsp3) is 0.409. The number of aromatic carboxylic acids is 1. The number of carboxylic acid groups (broad SMARTS) is 1. The van der Waals surface area contributed by atoms with Gasteiger partial charge in [0.1, 0.15) is 34.1 Å². The standard InChI is InChI=1S/C22H22FN3O5.C21H20FN3O5.C15H16N2O6.C7H8FN.CH4.2BrH.Mg/c1-30-20-18-22(29)26-13-6-7-14(8-13)31-17(26)11-25(18)10-15(19(20)27)21(28)24-9-12-4-2-3-5-16(12)23;22-15-4-2-1-3-11(15)8-23-20(28)14-9-24-10-16-25(12-5-6-13(7-12)30-16)21(29)17(24)19(27)18(14)26;1-22-13-11-14(19)17-7-2-3-8(4-7)23-10(17)6-16(11)5-9(12(13)18)15(20)21;8-7-4-2-1-3-6(7)5-9;;;;/h2-5,10,13-14,17H,6-9,11H2,1H3,(H,24,28);1-4,9,12-13,16,27H,5-8,10H2,(H,23,28);5,7-8,10H,2-4,6H2,1H3,(H,20,21);1-4H,5,9H2;1H4;2*1H;/q;;;;;;;+2/p-2/t13-,14+,17+;12-,13+,16+;7-,8+,10+;;;;;/m111...../s1. The van der Waals surface area contributed by atoms with Gasteiger partial charge in [0.2, 0.25) is 16.3 Å². The summed E-state index contributed by atoms with van der Waals surface area (Å²) in [6, 6.07) is 18.8. The molecule has 9 heterocycles. The quantitative estimate of drug-likeness (QED) is 0.101. The van der Waals surface area contributed by atoms with Crippen molar-refractivity contribution >= 4 is 58.6 Å². The van der Waals surface area contributed by atoms with Gasteiger partial charge in [-0.3, -0.25) is 38.4 Å². The predicted octanol–water partition coefficient (Wildman–Crippen LogP) is -1.15. The number of aromatic hydroxyl groups is 1. The SMILES string of the molecule is C.COc1c2n(cc(C(=O)NCc3ccccc3F)c1=O)C[C@@H]1O[C@H]3CC[C@H](C3)N1C2=O.COc1c2n(cc(C(=O)O)c1=O)C[C@@H]1O[C@H]3CC[C@H](C3)N1C2=O.NCc1ccccc1F.O=C(NCc1ccccc1F)c1cn2c(c(O)c1=O)C(=O)N1[C@@H]3CC[C@@H](C3)O[C@H]1C2.[Br-].[Br-].[Mg+2]. The number of ether oxygens (including phenoxy) is 5. The molecule has 3 aromatic carbocycles. The minimum absolute atomic E-state index is 0. The van der Waals surface area contributed by atoms with E-state index < -0.39 is 81.6 Å². The molecular formula is C66H70Br2F3MgN9O16. The molecule has 0 unspecified atom stereocenters. The smallest absolute Gasteiger partial charge is 1.00 e. The van der Waals surface area contributed by atoms with Crippen molar-refractivity contribution < 1.29 is 110 Å². The van der Waals surface area contributed by atoms with Crippen molar-refractivity contribution in [2.24, 2.45) is 5.73 Å². The van der Waals surface area contributed by atoms with Gasteiger partial charge in [0.15, 0.2) is 53.0 Å². The fourth-order valence-corrected chi connectivity index (χ4v) is 14.0. The summed E-state index contributed by atoms with van der Waals surface area (Å²) in [6.45, 7) is 0.900. The van der Waals surface area contributed by atoms with E-state index in [0.717, 1.165) is 57.8 Å². The van der Waals surface area contributed by atoms with Crippen LogP contribution in [-0.4, -0.2) is 167 Å². The number of carbonyl (C=O) groups is 6. The van der Waals surface area contributed by atoms with E-state index in [1.54, 1.807) is 61.7 Å². The molecule has 15 rings (SSSR count). The van der Waals surface area contributed by atoms with Crippen LogP contribution in [0, 0.1) is 17.5 Å². The molecule has 3 aromatic heterocycles. The number of carbonyl (C=O) groups excluding carboxylic acids is 5. The van der Waals surface area contributed by atoms with Crippen LogP contribution in [0.4, 0.5) is 13.2 Å². The number of halogens is 5. The normalized spacial score (nSPS) is 22.8. The third-order valence-corrected chi connectivity index (χ3v) is 18.4. The summed E-state index contributed by atoms with van der Waals surface area (Å²) in [4.78, 5) is 119. The van der Waals surface area contributed by atoms with Crippen molar-refractivity contribution in [1.29, 1.82) is 0 Å². The number of fused-ring (bicyclic) bond motifs is 15. The molecule has 6 N–H and O–H groups in total. The summed E-state index contributed by atoms with van der Waals surface area (Å²) in [5.41, 5.74) is 3.18. The van der Waals surface area contributed by atoms with E-state index in [-0.39, 0.29) is 190 Å². The first-order valence-corrected chi connectivity index (χ1v) is 30.5. The number of amides is 5. The van der Waals surface area contributed by atoms with Gasteiger partial charge < -0.3 is 113 Å². The molecule has 5 amide bonds. The van der Waals surface area contributed by atoms with Crippen molar-refractivity contribution in [1.82, 2.24) is 39.0 Å². The van der Waals surface area contributed by atoms with Crippen LogP contribution >= 0.6 is 0 Å². The second-order valence-corrected chi connectivity index (χ2v) is 23.9. The van der Waals surface area contributed by atoms with Crippen LogP contribution in [0.3, 0.4) is 0 Å². The molecule has 9 atom stereocenters. The van der Waals surface area contributed by atoms with Gasteiger partial charge in [0.05, 0.1) is 52.2 Å². The summed E-state index contributed by atoms with van der Waals surface area (Å²) in [5, 5.41) is 24.7. The van der Waals surface area contributed by atoms with Crippen molar-refractivity contribution in [3.8, 4) is 17.2 Å². The average Bonchev–Trinajstić information content (AvgIpc) is 1.74. The zero-order chi connectivity index (χ0) is 65.7. The Morgan fingerprint density at radius 3 is 1.21 bits per heavy atom. The molecule has 97 heavy (non-hydrogen) atoms. The summed E-state index contributed by atoms with van der Waals surface area (Å²) in [7, 11) is 2.57. The van der Waals surface area contributed by atoms with E-state index in [0.29, 0.717) is 24.2 Å². The van der Waals surface area contributed by atoms with Crippen LogP contribution in [0.2, 0.25) is 0 Å². The zero-order valence-corrected chi connectivity index (χ0v) is 56.5. The Balaban J connectivity index is 0.000000172. The van der Waals surface area contributed by atoms with Crippen LogP contribution in [0.5, 0.6) is 17.2 Å². The molecule has 9 aliphatic rings. The Kier molecular flexibility index (Phi) is 24.2. The maximum atomic E-state index is 13.8. The van der Waals surface area contributed by atoms with Gasteiger partial charge in [-0.15, -0.1) is 0 Å². The van der Waals surface area contributed by atoms with Gasteiger partial charge in [-0.05, 0) is 76.0 Å². The number of hydrogen-bond donors (Lipinski definition) is 5. The van der Waals surface area contributed by atoms with Crippen molar-refractivity contribution in [3.63, 3.8) is 0 Å². The van der Waals surface area contributed by atoms with E-state index in [1.165, 1.54) is 72.3 Å². The molecule has 3 saturated carbocycles. The Labute approximate surface area is 590 Å². The zero-order valence-electron chi connectivity index (χ0n) is 51.9. The summed E-state index contributed by atoms with van der Waals surface area (Å²) < 4.78 is 72.9. The topological polar surface area (TPSA) is 315 Å². The van der Waals surface area contributed by atoms with Crippen LogP contribution in [-0.2, 0) is 53.5 Å². The molecule has 512 valence electrons. The van der Waals surface area contributed by atoms with Crippen LogP contribution in [0.25, 0.3) is 0 Å². The van der Waals surface area contributed by atoms with Crippen molar-refractivity contribution in [2.45, 2.75) is 160 Å². The van der Waals surface area contributed by atoms with E-state index in [9.17, 15) is 66.5 Å². The molecule has 3 saturated heterocycles. The van der Waals surface area contributed by atoms with Crippen molar-refractivity contribution in [3.05, 3.63) is 190 Å². The first-order valence-electron chi connectivity index (χ1n) is 30.5. The summed E-state index contributed by atoms with van der Waals surface area (Å²) in [6.07, 6.45) is 10.5. The first-order chi connectivity index (χ1) is 44.8. The van der Waals surface area contributed by atoms with Gasteiger partial charge >= 0.3 is 29.0 Å². The summed E-state index contributed by atoms with van der Waals surface area (Å²) in [5.74, 6) is -6.17. The third-order valence-electron chi connectivity index (χ3n) is 18.4. The molecule has 6 bridgehead atoms. The molecule has 31 heteroatoms. The molecule has 6 fully saturated rings. The number of rotatable bonds is 10. The van der Waals surface area contributed by atoms with Crippen molar-refractivity contribution in [2.75, 3.05) is 14.2 Å². The number of nitrogens with one attached hydrogen (secondary N) is 2. The van der Waals surface area contributed by atoms with E-state index in [2.05, 4.69) is 10.6 Å². The van der Waals surface area contributed by atoms with Gasteiger partial charge in [0.25, 0.3) is 29.5 Å². The molecule has 0 spiro atoms. The number of pyridine rings is 3.